The highest BCUT2D eigenvalue weighted by Gasteiger charge is 2.18. The maximum atomic E-state index is 10.6. The molecule has 1 fully saturated rings. The van der Waals surface area contributed by atoms with Gasteiger partial charge in [0.25, 0.3) is 5.69 Å². The molecule has 0 aromatic heterocycles. The first-order valence-corrected chi connectivity index (χ1v) is 7.79. The maximum absolute atomic E-state index is 10.6. The number of hydrogen-bond donors (Lipinski definition) is 2. The number of hydrogen-bond acceptors (Lipinski definition) is 3. The normalized spacial score (nSPS) is 21.2. The van der Waals surface area contributed by atoms with Crippen LogP contribution < -0.4 is 10.6 Å². The highest BCUT2D eigenvalue weighted by atomic mass is 127. The highest BCUT2D eigenvalue weighted by Crippen LogP contribution is 2.23. The molecule has 0 radical (unpaired) electrons. The first-order valence-electron chi connectivity index (χ1n) is 7.79. The van der Waals surface area contributed by atoms with Gasteiger partial charge in [0.1, 0.15) is 0 Å². The third-order valence-electron chi connectivity index (χ3n) is 4.19. The minimum atomic E-state index is -0.387. The summed E-state index contributed by atoms with van der Waals surface area (Å²) < 4.78 is 0. The highest BCUT2D eigenvalue weighted by molar-refractivity contribution is 14.0. The van der Waals surface area contributed by atoms with Gasteiger partial charge < -0.3 is 10.6 Å². The van der Waals surface area contributed by atoms with Gasteiger partial charge in [-0.3, -0.25) is 15.1 Å². The zero-order valence-electron chi connectivity index (χ0n) is 13.6. The summed E-state index contributed by atoms with van der Waals surface area (Å²) in [6.07, 6.45) is 4.88. The van der Waals surface area contributed by atoms with Crippen molar-refractivity contribution in [2.24, 2.45) is 10.9 Å². The number of guanidine groups is 1. The Morgan fingerprint density at radius 3 is 2.39 bits per heavy atom. The Hall–Kier alpha value is -1.38. The van der Waals surface area contributed by atoms with Gasteiger partial charge in [-0.25, -0.2) is 0 Å². The molecule has 1 aliphatic rings. The molecule has 1 aliphatic carbocycles. The van der Waals surface area contributed by atoms with Crippen LogP contribution in [0.4, 0.5) is 5.69 Å². The zero-order chi connectivity index (χ0) is 15.9. The Kier molecular flexibility index (Phi) is 8.29. The lowest BCUT2D eigenvalue weighted by Gasteiger charge is -2.28. The van der Waals surface area contributed by atoms with E-state index in [0.717, 1.165) is 17.4 Å². The quantitative estimate of drug-likeness (QED) is 0.251. The van der Waals surface area contributed by atoms with Crippen molar-refractivity contribution in [2.75, 3.05) is 7.05 Å². The molecule has 1 aromatic rings. The summed E-state index contributed by atoms with van der Waals surface area (Å²) in [4.78, 5) is 14.5. The molecule has 1 aromatic carbocycles. The van der Waals surface area contributed by atoms with Crippen molar-refractivity contribution in [3.8, 4) is 0 Å². The van der Waals surface area contributed by atoms with Gasteiger partial charge in [0.05, 0.1) is 4.92 Å². The van der Waals surface area contributed by atoms with E-state index in [4.69, 9.17) is 0 Å². The molecule has 0 atom stereocenters. The van der Waals surface area contributed by atoms with Crippen LogP contribution in [0.1, 0.15) is 38.2 Å². The molecule has 0 heterocycles. The monoisotopic (exact) mass is 432 g/mol. The van der Waals surface area contributed by atoms with Gasteiger partial charge in [-0.1, -0.05) is 19.1 Å². The van der Waals surface area contributed by atoms with Crippen LogP contribution in [0.25, 0.3) is 0 Å². The van der Waals surface area contributed by atoms with Crippen LogP contribution in [0.2, 0.25) is 0 Å². The van der Waals surface area contributed by atoms with Crippen molar-refractivity contribution in [1.29, 1.82) is 0 Å². The second-order valence-corrected chi connectivity index (χ2v) is 5.95. The smallest absolute Gasteiger partial charge is 0.269 e. The fourth-order valence-corrected chi connectivity index (χ4v) is 2.71. The fraction of sp³-hybridized carbons (Fsp3) is 0.562. The summed E-state index contributed by atoms with van der Waals surface area (Å²) in [7, 11) is 1.76. The molecule has 0 bridgehead atoms. The average Bonchev–Trinajstić information content (AvgIpc) is 2.53. The number of aliphatic imine (C=N–C) groups is 1. The van der Waals surface area contributed by atoms with E-state index in [1.165, 1.54) is 37.8 Å². The van der Waals surface area contributed by atoms with E-state index in [0.29, 0.717) is 12.6 Å². The van der Waals surface area contributed by atoms with E-state index in [1.807, 2.05) is 0 Å². The molecule has 0 saturated heterocycles. The molecule has 0 amide bonds. The topological polar surface area (TPSA) is 79.6 Å². The Balaban J connectivity index is 0.00000264. The minimum Gasteiger partial charge on any atom is -0.354 e. The average molecular weight is 432 g/mol. The second kappa shape index (κ2) is 9.69. The van der Waals surface area contributed by atoms with Crippen LogP contribution in [0.15, 0.2) is 29.3 Å². The van der Waals surface area contributed by atoms with Gasteiger partial charge in [-0.15, -0.1) is 24.0 Å². The third kappa shape index (κ3) is 6.32. The van der Waals surface area contributed by atoms with Crippen LogP contribution in [0.5, 0.6) is 0 Å². The molecule has 128 valence electrons. The van der Waals surface area contributed by atoms with Gasteiger partial charge in [0.15, 0.2) is 5.96 Å². The first-order chi connectivity index (χ1) is 10.6. The lowest BCUT2D eigenvalue weighted by atomic mass is 9.87. The number of nitrogens with one attached hydrogen (secondary N) is 2. The number of non-ortho nitro benzene ring substituents is 1. The van der Waals surface area contributed by atoms with Gasteiger partial charge in [0.2, 0.25) is 0 Å². The summed E-state index contributed by atoms with van der Waals surface area (Å²) in [5.74, 6) is 1.62. The SMILES string of the molecule is CN=C(NCc1ccc([N+](=O)[O-])cc1)NC1CCC(C)CC1.I. The lowest BCUT2D eigenvalue weighted by Crippen LogP contribution is -2.44. The minimum absolute atomic E-state index is 0. The van der Waals surface area contributed by atoms with E-state index in [1.54, 1.807) is 19.2 Å². The van der Waals surface area contributed by atoms with E-state index >= 15 is 0 Å². The van der Waals surface area contributed by atoms with Crippen molar-refractivity contribution in [3.63, 3.8) is 0 Å². The zero-order valence-corrected chi connectivity index (χ0v) is 15.9. The maximum Gasteiger partial charge on any atom is 0.269 e. The fourth-order valence-electron chi connectivity index (χ4n) is 2.71. The van der Waals surface area contributed by atoms with Gasteiger partial charge in [-0.05, 0) is 37.2 Å². The summed E-state index contributed by atoms with van der Waals surface area (Å²) in [6, 6.07) is 7.06. The predicted octanol–water partition coefficient (Wildman–Crippen LogP) is 3.46. The Morgan fingerprint density at radius 2 is 1.87 bits per heavy atom. The second-order valence-electron chi connectivity index (χ2n) is 5.95. The number of nitro benzene ring substituents is 1. The first kappa shape index (κ1) is 19.7. The summed E-state index contributed by atoms with van der Waals surface area (Å²) in [5, 5.41) is 17.3. The van der Waals surface area contributed by atoms with Gasteiger partial charge in [-0.2, -0.15) is 0 Å². The van der Waals surface area contributed by atoms with E-state index in [9.17, 15) is 10.1 Å². The largest absolute Gasteiger partial charge is 0.354 e. The molecule has 0 aliphatic heterocycles. The van der Waals surface area contributed by atoms with Crippen LogP contribution in [-0.4, -0.2) is 24.0 Å². The van der Waals surface area contributed by atoms with Crippen molar-refractivity contribution in [2.45, 2.75) is 45.2 Å². The van der Waals surface area contributed by atoms with Crippen LogP contribution >= 0.6 is 24.0 Å². The molecule has 6 nitrogen and oxygen atoms in total. The standard InChI is InChI=1S/C16H24N4O2.HI/c1-12-3-7-14(8-4-12)19-16(17-2)18-11-13-5-9-15(10-6-13)20(21)22;/h5-6,9-10,12,14H,3-4,7-8,11H2,1-2H3,(H2,17,18,19);1H. The molecular weight excluding hydrogens is 407 g/mol. The van der Waals surface area contributed by atoms with Crippen molar-refractivity contribution in [1.82, 2.24) is 10.6 Å². The molecule has 0 unspecified atom stereocenters. The van der Waals surface area contributed by atoms with Crippen LogP contribution in [-0.2, 0) is 6.54 Å². The number of rotatable bonds is 4. The molecule has 2 rings (SSSR count). The number of benzene rings is 1. The number of halogens is 1. The summed E-state index contributed by atoms with van der Waals surface area (Å²) >= 11 is 0. The third-order valence-corrected chi connectivity index (χ3v) is 4.19. The van der Waals surface area contributed by atoms with E-state index in [-0.39, 0.29) is 34.6 Å². The Morgan fingerprint density at radius 1 is 1.26 bits per heavy atom. The summed E-state index contributed by atoms with van der Waals surface area (Å²) in [6.45, 7) is 2.90. The Bertz CT molecular complexity index is 525. The molecular formula is C16H25IN4O2. The van der Waals surface area contributed by atoms with Crippen molar-refractivity contribution >= 4 is 35.6 Å². The van der Waals surface area contributed by atoms with Crippen LogP contribution in [0.3, 0.4) is 0 Å². The summed E-state index contributed by atoms with van der Waals surface area (Å²) in [5.41, 5.74) is 1.10. The molecule has 23 heavy (non-hydrogen) atoms. The molecule has 0 spiro atoms. The lowest BCUT2D eigenvalue weighted by molar-refractivity contribution is -0.384. The number of nitrogens with zero attached hydrogens (tertiary/aromatic N) is 2. The van der Waals surface area contributed by atoms with E-state index in [2.05, 4.69) is 22.5 Å². The number of nitro groups is 1. The molecule has 2 N–H and O–H groups in total. The predicted molar refractivity (Wildman–Crippen MR) is 103 cm³/mol. The van der Waals surface area contributed by atoms with E-state index < -0.39 is 0 Å². The van der Waals surface area contributed by atoms with Gasteiger partial charge in [0, 0.05) is 31.8 Å². The molecule has 1 saturated carbocycles. The van der Waals surface area contributed by atoms with Crippen molar-refractivity contribution < 1.29 is 4.92 Å². The molecule has 7 heteroatoms. The van der Waals surface area contributed by atoms with Crippen LogP contribution in [0, 0.1) is 16.0 Å². The van der Waals surface area contributed by atoms with Crippen molar-refractivity contribution in [3.05, 3.63) is 39.9 Å². The van der Waals surface area contributed by atoms with Gasteiger partial charge >= 0.3 is 0 Å². The Labute approximate surface area is 154 Å².